The zero-order valence-corrected chi connectivity index (χ0v) is 12.1. The number of amides is 2. The Hall–Kier alpha value is -1.43. The van der Waals surface area contributed by atoms with Crippen molar-refractivity contribution in [3.8, 4) is 0 Å². The van der Waals surface area contributed by atoms with Crippen LogP contribution in [0.2, 0.25) is 0 Å². The second-order valence-corrected chi connectivity index (χ2v) is 5.37. The van der Waals surface area contributed by atoms with Crippen molar-refractivity contribution in [1.82, 2.24) is 9.80 Å². The summed E-state index contributed by atoms with van der Waals surface area (Å²) in [5.74, 6) is -0.635. The molecule has 0 N–H and O–H groups in total. The summed E-state index contributed by atoms with van der Waals surface area (Å²) in [4.78, 5) is 26.8. The predicted molar refractivity (Wildman–Crippen MR) is 72.3 cm³/mol. The minimum Gasteiger partial charge on any atom is -0.339 e. The molecule has 1 aliphatic rings. The Morgan fingerprint density at radius 2 is 1.68 bits per heavy atom. The topological polar surface area (TPSA) is 40.6 Å². The molecule has 0 atom stereocenters. The van der Waals surface area contributed by atoms with Gasteiger partial charge in [-0.15, -0.1) is 0 Å². The zero-order valence-electron chi connectivity index (χ0n) is 10.5. The molecule has 0 unspecified atom stereocenters. The van der Waals surface area contributed by atoms with Crippen LogP contribution >= 0.6 is 15.9 Å². The van der Waals surface area contributed by atoms with Gasteiger partial charge < -0.3 is 9.80 Å². The van der Waals surface area contributed by atoms with Gasteiger partial charge in [0.05, 0.1) is 0 Å². The third kappa shape index (κ3) is 3.32. The van der Waals surface area contributed by atoms with Gasteiger partial charge in [0, 0.05) is 43.1 Å². The summed E-state index contributed by atoms with van der Waals surface area (Å²) >= 11 is 3.17. The lowest BCUT2D eigenvalue weighted by atomic mass is 10.1. The van der Waals surface area contributed by atoms with E-state index >= 15 is 0 Å². The molecule has 1 fully saturated rings. The zero-order chi connectivity index (χ0) is 14.0. The molecular formula is C13H14BrFN2O2. The van der Waals surface area contributed by atoms with E-state index in [1.165, 1.54) is 19.1 Å². The molecule has 4 nitrogen and oxygen atoms in total. The maximum Gasteiger partial charge on any atom is 0.254 e. The van der Waals surface area contributed by atoms with E-state index in [-0.39, 0.29) is 11.8 Å². The molecule has 0 saturated carbocycles. The van der Waals surface area contributed by atoms with E-state index in [0.29, 0.717) is 36.2 Å². The third-order valence-corrected chi connectivity index (χ3v) is 3.58. The molecule has 19 heavy (non-hydrogen) atoms. The number of nitrogens with zero attached hydrogens (tertiary/aromatic N) is 2. The summed E-state index contributed by atoms with van der Waals surface area (Å²) in [6.07, 6.45) is 0. The van der Waals surface area contributed by atoms with E-state index in [9.17, 15) is 14.0 Å². The van der Waals surface area contributed by atoms with Crippen molar-refractivity contribution in [1.29, 1.82) is 0 Å². The highest BCUT2D eigenvalue weighted by molar-refractivity contribution is 9.10. The van der Waals surface area contributed by atoms with E-state index in [1.54, 1.807) is 15.9 Å². The minimum absolute atomic E-state index is 0.0144. The van der Waals surface area contributed by atoms with Crippen molar-refractivity contribution in [3.63, 3.8) is 0 Å². The van der Waals surface area contributed by atoms with Crippen molar-refractivity contribution in [2.75, 3.05) is 26.2 Å². The molecule has 1 aromatic rings. The number of halogens is 2. The van der Waals surface area contributed by atoms with Crippen LogP contribution in [0.1, 0.15) is 17.3 Å². The second-order valence-electron chi connectivity index (χ2n) is 4.46. The largest absolute Gasteiger partial charge is 0.339 e. The molecule has 102 valence electrons. The van der Waals surface area contributed by atoms with Crippen molar-refractivity contribution in [3.05, 3.63) is 34.1 Å². The number of benzene rings is 1. The first-order valence-corrected chi connectivity index (χ1v) is 6.77. The summed E-state index contributed by atoms with van der Waals surface area (Å²) in [7, 11) is 0. The maximum absolute atomic E-state index is 13.3. The van der Waals surface area contributed by atoms with E-state index in [4.69, 9.17) is 0 Å². The molecule has 1 saturated heterocycles. The van der Waals surface area contributed by atoms with E-state index in [2.05, 4.69) is 15.9 Å². The first-order valence-electron chi connectivity index (χ1n) is 5.98. The molecule has 2 amide bonds. The molecule has 1 heterocycles. The van der Waals surface area contributed by atoms with Crippen LogP contribution in [0, 0.1) is 5.82 Å². The van der Waals surface area contributed by atoms with Crippen LogP contribution in [0.4, 0.5) is 4.39 Å². The standard InChI is InChI=1S/C13H14BrFN2O2/c1-9(18)16-2-4-17(5-3-16)13(19)10-6-11(14)8-12(15)7-10/h6-8H,2-5H2,1H3. The van der Waals surface area contributed by atoms with Crippen LogP contribution in [-0.4, -0.2) is 47.8 Å². The predicted octanol–water partition coefficient (Wildman–Crippen LogP) is 1.89. The summed E-state index contributed by atoms with van der Waals surface area (Å²) < 4.78 is 13.8. The number of carbonyl (C=O) groups is 2. The van der Waals surface area contributed by atoms with Gasteiger partial charge in [-0.05, 0) is 18.2 Å². The monoisotopic (exact) mass is 328 g/mol. The highest BCUT2D eigenvalue weighted by Gasteiger charge is 2.23. The van der Waals surface area contributed by atoms with Crippen LogP contribution in [0.15, 0.2) is 22.7 Å². The third-order valence-electron chi connectivity index (χ3n) is 3.12. The van der Waals surface area contributed by atoms with Crippen molar-refractivity contribution >= 4 is 27.7 Å². The van der Waals surface area contributed by atoms with Gasteiger partial charge in [0.2, 0.25) is 5.91 Å². The SMILES string of the molecule is CC(=O)N1CCN(C(=O)c2cc(F)cc(Br)c2)CC1. The van der Waals surface area contributed by atoms with Gasteiger partial charge in [0.15, 0.2) is 0 Å². The molecule has 1 aromatic carbocycles. The van der Waals surface area contributed by atoms with Gasteiger partial charge in [0.25, 0.3) is 5.91 Å². The van der Waals surface area contributed by atoms with Gasteiger partial charge >= 0.3 is 0 Å². The van der Waals surface area contributed by atoms with Gasteiger partial charge in [-0.1, -0.05) is 15.9 Å². The van der Waals surface area contributed by atoms with E-state index in [1.807, 2.05) is 0 Å². The minimum atomic E-state index is -0.444. The summed E-state index contributed by atoms with van der Waals surface area (Å²) in [5, 5.41) is 0. The Morgan fingerprint density at radius 3 is 2.21 bits per heavy atom. The van der Waals surface area contributed by atoms with E-state index in [0.717, 1.165) is 0 Å². The number of hydrogen-bond donors (Lipinski definition) is 0. The Balaban J connectivity index is 2.07. The van der Waals surface area contributed by atoms with Crippen LogP contribution in [-0.2, 0) is 4.79 Å². The Bertz CT molecular complexity index is 493. The first kappa shape index (κ1) is 14.0. The molecular weight excluding hydrogens is 315 g/mol. The molecule has 6 heteroatoms. The average Bonchev–Trinajstić information content (AvgIpc) is 2.37. The van der Waals surface area contributed by atoms with Crippen molar-refractivity contribution in [2.24, 2.45) is 0 Å². The molecule has 2 rings (SSSR count). The van der Waals surface area contributed by atoms with Gasteiger partial charge in [-0.2, -0.15) is 0 Å². The molecule has 0 spiro atoms. The highest BCUT2D eigenvalue weighted by atomic mass is 79.9. The van der Waals surface area contributed by atoms with Gasteiger partial charge in [-0.25, -0.2) is 4.39 Å². The molecule has 0 aliphatic carbocycles. The molecule has 0 aromatic heterocycles. The normalized spacial score (nSPS) is 15.5. The fourth-order valence-electron chi connectivity index (χ4n) is 2.08. The maximum atomic E-state index is 13.3. The average molecular weight is 329 g/mol. The number of carbonyl (C=O) groups excluding carboxylic acids is 2. The fraction of sp³-hybridized carbons (Fsp3) is 0.385. The lowest BCUT2D eigenvalue weighted by Crippen LogP contribution is -2.50. The number of hydrogen-bond acceptors (Lipinski definition) is 2. The second kappa shape index (κ2) is 5.69. The number of rotatable bonds is 1. The van der Waals surface area contributed by atoms with Gasteiger partial charge in [0.1, 0.15) is 5.82 Å². The van der Waals surface area contributed by atoms with Crippen molar-refractivity contribution in [2.45, 2.75) is 6.92 Å². The molecule has 1 aliphatic heterocycles. The molecule has 0 bridgehead atoms. The quantitative estimate of drug-likeness (QED) is 0.790. The van der Waals surface area contributed by atoms with E-state index < -0.39 is 5.82 Å². The lowest BCUT2D eigenvalue weighted by molar-refractivity contribution is -0.130. The van der Waals surface area contributed by atoms with Crippen molar-refractivity contribution < 1.29 is 14.0 Å². The summed E-state index contributed by atoms with van der Waals surface area (Å²) in [6.45, 7) is 3.52. The van der Waals surface area contributed by atoms with Crippen LogP contribution in [0.5, 0.6) is 0 Å². The Morgan fingerprint density at radius 1 is 1.11 bits per heavy atom. The smallest absolute Gasteiger partial charge is 0.254 e. The van der Waals surface area contributed by atoms with Gasteiger partial charge in [-0.3, -0.25) is 9.59 Å². The molecule has 0 radical (unpaired) electrons. The highest BCUT2D eigenvalue weighted by Crippen LogP contribution is 2.17. The lowest BCUT2D eigenvalue weighted by Gasteiger charge is -2.34. The Kier molecular flexibility index (Phi) is 4.19. The fourth-order valence-corrected chi connectivity index (χ4v) is 2.55. The van der Waals surface area contributed by atoms with Crippen LogP contribution < -0.4 is 0 Å². The Labute approximate surface area is 119 Å². The van der Waals surface area contributed by atoms with Crippen LogP contribution in [0.3, 0.4) is 0 Å². The summed E-state index contributed by atoms with van der Waals surface area (Å²) in [5.41, 5.74) is 0.322. The van der Waals surface area contributed by atoms with Crippen LogP contribution in [0.25, 0.3) is 0 Å². The first-order chi connectivity index (χ1) is 8.97. The number of piperazine rings is 1. The summed E-state index contributed by atoms with van der Waals surface area (Å²) in [6, 6.07) is 4.14.